The summed E-state index contributed by atoms with van der Waals surface area (Å²) in [5.41, 5.74) is 1.28. The third-order valence-corrected chi connectivity index (χ3v) is 6.04. The molecule has 152 valence electrons. The number of amides is 3. The average Bonchev–Trinajstić information content (AvgIpc) is 3.26. The second kappa shape index (κ2) is 10.0. The van der Waals surface area contributed by atoms with E-state index in [9.17, 15) is 14.4 Å². The van der Waals surface area contributed by atoms with Gasteiger partial charge in [0.15, 0.2) is 0 Å². The molecule has 6 nitrogen and oxygen atoms in total. The van der Waals surface area contributed by atoms with Crippen LogP contribution in [0.15, 0.2) is 28.7 Å². The van der Waals surface area contributed by atoms with E-state index in [4.69, 9.17) is 0 Å². The van der Waals surface area contributed by atoms with Crippen LogP contribution in [-0.2, 0) is 20.8 Å². The number of unbranched alkanes of at least 4 members (excludes halogenated alkanes) is 1. The lowest BCUT2D eigenvalue weighted by Crippen LogP contribution is -2.54. The van der Waals surface area contributed by atoms with Crippen molar-refractivity contribution in [1.82, 2.24) is 14.7 Å². The van der Waals surface area contributed by atoms with Gasteiger partial charge in [0.2, 0.25) is 5.91 Å². The molecule has 1 aromatic rings. The molecule has 0 unspecified atom stereocenters. The van der Waals surface area contributed by atoms with Gasteiger partial charge in [-0.05, 0) is 49.8 Å². The SMILES string of the molecule is O=C(CCCCc1ccc(Br)cc1)N1CCN(C(=O)C(=O)N2CCCC2)CC1. The highest BCUT2D eigenvalue weighted by molar-refractivity contribution is 9.10. The van der Waals surface area contributed by atoms with Crippen molar-refractivity contribution in [2.45, 2.75) is 38.5 Å². The number of hydrogen-bond donors (Lipinski definition) is 0. The summed E-state index contributed by atoms with van der Waals surface area (Å²) < 4.78 is 1.08. The highest BCUT2D eigenvalue weighted by atomic mass is 79.9. The Bertz CT molecular complexity index is 693. The fourth-order valence-corrected chi connectivity index (χ4v) is 4.03. The Morgan fingerprint density at radius 1 is 0.750 bits per heavy atom. The van der Waals surface area contributed by atoms with Crippen molar-refractivity contribution in [2.24, 2.45) is 0 Å². The van der Waals surface area contributed by atoms with Crippen LogP contribution in [0.3, 0.4) is 0 Å². The number of benzene rings is 1. The molecule has 2 aliphatic rings. The van der Waals surface area contributed by atoms with Crippen LogP contribution in [-0.4, -0.2) is 71.7 Å². The summed E-state index contributed by atoms with van der Waals surface area (Å²) >= 11 is 3.43. The number of hydrogen-bond acceptors (Lipinski definition) is 3. The molecule has 2 heterocycles. The highest BCUT2D eigenvalue weighted by Gasteiger charge is 2.31. The van der Waals surface area contributed by atoms with Gasteiger partial charge < -0.3 is 14.7 Å². The quantitative estimate of drug-likeness (QED) is 0.512. The zero-order valence-electron chi connectivity index (χ0n) is 16.2. The Balaban J connectivity index is 1.34. The van der Waals surface area contributed by atoms with E-state index in [1.807, 2.05) is 17.0 Å². The summed E-state index contributed by atoms with van der Waals surface area (Å²) in [6.07, 6.45) is 5.31. The Kier molecular flexibility index (Phi) is 7.48. The fourth-order valence-electron chi connectivity index (χ4n) is 3.76. The van der Waals surface area contributed by atoms with E-state index in [1.165, 1.54) is 5.56 Å². The summed E-state index contributed by atoms with van der Waals surface area (Å²) in [5.74, 6) is -0.650. The van der Waals surface area contributed by atoms with Crippen LogP contribution in [0.5, 0.6) is 0 Å². The van der Waals surface area contributed by atoms with Crippen LogP contribution in [0, 0.1) is 0 Å². The first-order valence-corrected chi connectivity index (χ1v) is 10.9. The lowest BCUT2D eigenvalue weighted by atomic mass is 10.1. The fraction of sp³-hybridized carbons (Fsp3) is 0.571. The van der Waals surface area contributed by atoms with Crippen molar-refractivity contribution >= 4 is 33.7 Å². The number of nitrogens with zero attached hydrogens (tertiary/aromatic N) is 3. The number of halogens is 1. The topological polar surface area (TPSA) is 60.9 Å². The van der Waals surface area contributed by atoms with Gasteiger partial charge in [-0.3, -0.25) is 14.4 Å². The molecule has 0 aromatic heterocycles. The van der Waals surface area contributed by atoms with Crippen LogP contribution in [0.4, 0.5) is 0 Å². The van der Waals surface area contributed by atoms with Gasteiger partial charge in [0.1, 0.15) is 0 Å². The minimum Gasteiger partial charge on any atom is -0.339 e. The van der Waals surface area contributed by atoms with E-state index in [-0.39, 0.29) is 11.8 Å². The maximum absolute atomic E-state index is 12.4. The van der Waals surface area contributed by atoms with Crippen molar-refractivity contribution in [3.8, 4) is 0 Å². The standard InChI is InChI=1S/C21H28BrN3O3/c22-18-9-7-17(8-10-18)5-1-2-6-19(26)23-13-15-25(16-14-23)21(28)20(27)24-11-3-4-12-24/h7-10H,1-6,11-16H2. The summed E-state index contributed by atoms with van der Waals surface area (Å²) in [6.45, 7) is 3.30. The molecule has 2 aliphatic heterocycles. The third-order valence-electron chi connectivity index (χ3n) is 5.52. The van der Waals surface area contributed by atoms with Gasteiger partial charge in [0.25, 0.3) is 0 Å². The van der Waals surface area contributed by atoms with Gasteiger partial charge in [-0.15, -0.1) is 0 Å². The Morgan fingerprint density at radius 3 is 1.89 bits per heavy atom. The molecule has 0 atom stereocenters. The van der Waals surface area contributed by atoms with E-state index < -0.39 is 5.91 Å². The maximum atomic E-state index is 12.4. The molecule has 7 heteroatoms. The Hall–Kier alpha value is -1.89. The molecule has 0 radical (unpaired) electrons. The maximum Gasteiger partial charge on any atom is 0.312 e. The molecule has 3 amide bonds. The molecule has 2 fully saturated rings. The molecular weight excluding hydrogens is 422 g/mol. The molecule has 0 spiro atoms. The van der Waals surface area contributed by atoms with Crippen LogP contribution >= 0.6 is 15.9 Å². The van der Waals surface area contributed by atoms with E-state index in [1.54, 1.807) is 9.80 Å². The van der Waals surface area contributed by atoms with Crippen LogP contribution < -0.4 is 0 Å². The minimum atomic E-state index is -0.413. The summed E-state index contributed by atoms with van der Waals surface area (Å²) in [6, 6.07) is 8.28. The first kappa shape index (κ1) is 20.8. The summed E-state index contributed by atoms with van der Waals surface area (Å²) in [5, 5.41) is 0. The van der Waals surface area contributed by atoms with Crippen LogP contribution in [0.25, 0.3) is 0 Å². The largest absolute Gasteiger partial charge is 0.339 e. The van der Waals surface area contributed by atoms with E-state index in [0.717, 1.165) is 36.6 Å². The number of aryl methyl sites for hydroxylation is 1. The Morgan fingerprint density at radius 2 is 1.29 bits per heavy atom. The summed E-state index contributed by atoms with van der Waals surface area (Å²) in [7, 11) is 0. The predicted molar refractivity (Wildman–Crippen MR) is 111 cm³/mol. The van der Waals surface area contributed by atoms with Crippen molar-refractivity contribution < 1.29 is 14.4 Å². The minimum absolute atomic E-state index is 0.147. The van der Waals surface area contributed by atoms with Gasteiger partial charge in [0, 0.05) is 50.2 Å². The van der Waals surface area contributed by atoms with E-state index in [0.29, 0.717) is 45.7 Å². The van der Waals surface area contributed by atoms with E-state index in [2.05, 4.69) is 28.1 Å². The van der Waals surface area contributed by atoms with Crippen molar-refractivity contribution in [2.75, 3.05) is 39.3 Å². The average molecular weight is 450 g/mol. The van der Waals surface area contributed by atoms with Gasteiger partial charge in [-0.1, -0.05) is 28.1 Å². The van der Waals surface area contributed by atoms with Crippen LogP contribution in [0.2, 0.25) is 0 Å². The normalized spacial score (nSPS) is 17.1. The zero-order chi connectivity index (χ0) is 19.9. The van der Waals surface area contributed by atoms with Gasteiger partial charge >= 0.3 is 11.8 Å². The lowest BCUT2D eigenvalue weighted by molar-refractivity contribution is -0.153. The molecule has 28 heavy (non-hydrogen) atoms. The van der Waals surface area contributed by atoms with Crippen molar-refractivity contribution in [3.05, 3.63) is 34.3 Å². The number of piperazine rings is 1. The molecule has 0 saturated carbocycles. The van der Waals surface area contributed by atoms with E-state index >= 15 is 0 Å². The number of carbonyl (C=O) groups excluding carboxylic acids is 3. The monoisotopic (exact) mass is 449 g/mol. The molecule has 0 N–H and O–H groups in total. The van der Waals surface area contributed by atoms with Gasteiger partial charge in [-0.2, -0.15) is 0 Å². The number of rotatable bonds is 5. The summed E-state index contributed by atoms with van der Waals surface area (Å²) in [4.78, 5) is 42.1. The first-order chi connectivity index (χ1) is 13.5. The molecule has 2 saturated heterocycles. The third kappa shape index (κ3) is 5.56. The smallest absolute Gasteiger partial charge is 0.312 e. The molecule has 0 bridgehead atoms. The molecular formula is C21H28BrN3O3. The van der Waals surface area contributed by atoms with Gasteiger partial charge in [-0.25, -0.2) is 0 Å². The van der Waals surface area contributed by atoms with Gasteiger partial charge in [0.05, 0.1) is 0 Å². The van der Waals surface area contributed by atoms with Crippen molar-refractivity contribution in [3.63, 3.8) is 0 Å². The molecule has 1 aromatic carbocycles. The number of likely N-dealkylation sites (tertiary alicyclic amines) is 1. The molecule has 0 aliphatic carbocycles. The number of carbonyl (C=O) groups is 3. The highest BCUT2D eigenvalue weighted by Crippen LogP contribution is 2.14. The predicted octanol–water partition coefficient (Wildman–Crippen LogP) is 2.46. The lowest BCUT2D eigenvalue weighted by Gasteiger charge is -2.35. The second-order valence-electron chi connectivity index (χ2n) is 7.51. The first-order valence-electron chi connectivity index (χ1n) is 10.1. The zero-order valence-corrected chi connectivity index (χ0v) is 17.8. The van der Waals surface area contributed by atoms with Crippen LogP contribution in [0.1, 0.15) is 37.7 Å². The van der Waals surface area contributed by atoms with Crippen molar-refractivity contribution in [1.29, 1.82) is 0 Å². The molecule has 3 rings (SSSR count). The Labute approximate surface area is 175 Å². The second-order valence-corrected chi connectivity index (χ2v) is 8.42.